The zero-order valence-corrected chi connectivity index (χ0v) is 17.8. The van der Waals surface area contributed by atoms with Crippen LogP contribution in [0.1, 0.15) is 21.5 Å². The molecule has 0 radical (unpaired) electrons. The maximum Gasteiger partial charge on any atom is 0.248 e. The lowest BCUT2D eigenvalue weighted by Gasteiger charge is -2.22. The number of hydrogen-bond acceptors (Lipinski definition) is 4. The van der Waals surface area contributed by atoms with Gasteiger partial charge in [0, 0.05) is 17.8 Å². The molecule has 0 unspecified atom stereocenters. The van der Waals surface area contributed by atoms with Gasteiger partial charge in [-0.1, -0.05) is 48.0 Å². The number of carbonyl (C=O) groups is 2. The number of aryl methyl sites for hydroxylation is 1. The highest BCUT2D eigenvalue weighted by molar-refractivity contribution is 7.89. The fraction of sp³-hybridized carbons (Fsp3) is 0.130. The molecular weight excluding hydrogens is 414 g/mol. The topological polar surface area (TPSA) is 110 Å². The van der Waals surface area contributed by atoms with Gasteiger partial charge in [-0.2, -0.15) is 4.31 Å². The van der Waals surface area contributed by atoms with E-state index >= 15 is 0 Å². The van der Waals surface area contributed by atoms with Crippen molar-refractivity contribution >= 4 is 27.5 Å². The van der Waals surface area contributed by atoms with Gasteiger partial charge in [-0.05, 0) is 48.9 Å². The van der Waals surface area contributed by atoms with Crippen molar-refractivity contribution in [3.8, 4) is 0 Å². The Hall–Kier alpha value is -3.49. The summed E-state index contributed by atoms with van der Waals surface area (Å²) in [6.45, 7) is 1.54. The normalized spacial score (nSPS) is 11.3. The molecule has 7 nitrogen and oxygen atoms in total. The minimum absolute atomic E-state index is 0.0467. The van der Waals surface area contributed by atoms with Gasteiger partial charge in [-0.3, -0.25) is 9.59 Å². The summed E-state index contributed by atoms with van der Waals surface area (Å²) in [7, 11) is -3.91. The third-order valence-corrected chi connectivity index (χ3v) is 6.44. The molecule has 0 aliphatic rings. The van der Waals surface area contributed by atoms with E-state index < -0.39 is 21.8 Å². The first-order chi connectivity index (χ1) is 14.8. The Morgan fingerprint density at radius 2 is 1.52 bits per heavy atom. The Morgan fingerprint density at radius 3 is 2.10 bits per heavy atom. The molecule has 3 rings (SSSR count). The van der Waals surface area contributed by atoms with Crippen LogP contribution in [0.3, 0.4) is 0 Å². The minimum Gasteiger partial charge on any atom is -0.366 e. The Kier molecular flexibility index (Phi) is 6.84. The lowest BCUT2D eigenvalue weighted by atomic mass is 10.2. The van der Waals surface area contributed by atoms with Crippen LogP contribution in [0.25, 0.3) is 0 Å². The van der Waals surface area contributed by atoms with Gasteiger partial charge >= 0.3 is 0 Å². The zero-order valence-electron chi connectivity index (χ0n) is 17.0. The highest BCUT2D eigenvalue weighted by atomic mass is 32.2. The molecule has 0 bridgehead atoms. The highest BCUT2D eigenvalue weighted by Gasteiger charge is 2.27. The summed E-state index contributed by atoms with van der Waals surface area (Å²) in [6, 6.07) is 21.6. The standard InChI is InChI=1S/C23H23N3O4S/c1-17-7-13-21(14-8-17)31(29,30)26(15-18-5-3-2-4-6-18)16-22(27)25-20-11-9-19(10-12-20)23(24)28/h2-14H,15-16H2,1H3,(H2,24,28)(H,25,27). The van der Waals surface area contributed by atoms with Crippen LogP contribution in [0, 0.1) is 6.92 Å². The third-order valence-electron chi connectivity index (χ3n) is 4.63. The fourth-order valence-corrected chi connectivity index (χ4v) is 4.34. The van der Waals surface area contributed by atoms with Crippen LogP contribution in [0.15, 0.2) is 83.8 Å². The van der Waals surface area contributed by atoms with Gasteiger partial charge in [0.25, 0.3) is 0 Å². The van der Waals surface area contributed by atoms with Crippen molar-refractivity contribution in [2.75, 3.05) is 11.9 Å². The van der Waals surface area contributed by atoms with Crippen molar-refractivity contribution in [1.29, 1.82) is 0 Å². The molecule has 31 heavy (non-hydrogen) atoms. The van der Waals surface area contributed by atoms with E-state index in [1.54, 1.807) is 24.3 Å². The monoisotopic (exact) mass is 437 g/mol. The predicted octanol–water partition coefficient (Wildman–Crippen LogP) is 2.92. The van der Waals surface area contributed by atoms with Crippen molar-refractivity contribution in [2.24, 2.45) is 5.73 Å². The van der Waals surface area contributed by atoms with E-state index in [1.165, 1.54) is 36.4 Å². The number of rotatable bonds is 8. The molecule has 160 valence electrons. The van der Waals surface area contributed by atoms with Crippen LogP contribution < -0.4 is 11.1 Å². The SMILES string of the molecule is Cc1ccc(S(=O)(=O)N(CC(=O)Nc2ccc(C(N)=O)cc2)Cc2ccccc2)cc1. The van der Waals surface area contributed by atoms with Crippen molar-refractivity contribution in [3.63, 3.8) is 0 Å². The smallest absolute Gasteiger partial charge is 0.248 e. The van der Waals surface area contributed by atoms with Crippen LogP contribution >= 0.6 is 0 Å². The Morgan fingerprint density at radius 1 is 0.903 bits per heavy atom. The van der Waals surface area contributed by atoms with Gasteiger partial charge in [0.2, 0.25) is 21.8 Å². The molecule has 0 aromatic heterocycles. The number of hydrogen-bond donors (Lipinski definition) is 2. The Labute approximate surface area is 181 Å². The first-order valence-corrected chi connectivity index (χ1v) is 11.0. The molecule has 0 spiro atoms. The average Bonchev–Trinajstić information content (AvgIpc) is 2.74. The van der Waals surface area contributed by atoms with Crippen LogP contribution in [0.4, 0.5) is 5.69 Å². The first kappa shape index (κ1) is 22.2. The summed E-state index contributed by atoms with van der Waals surface area (Å²) in [5, 5.41) is 2.66. The summed E-state index contributed by atoms with van der Waals surface area (Å²) < 4.78 is 27.6. The van der Waals surface area contributed by atoms with Crippen molar-refractivity contribution in [1.82, 2.24) is 4.31 Å². The van der Waals surface area contributed by atoms with Gasteiger partial charge in [-0.15, -0.1) is 0 Å². The number of nitrogens with one attached hydrogen (secondary N) is 1. The Bertz CT molecular complexity index is 1160. The number of sulfonamides is 1. The second-order valence-corrected chi connectivity index (χ2v) is 9.00. The molecule has 0 aliphatic carbocycles. The first-order valence-electron chi connectivity index (χ1n) is 9.56. The average molecular weight is 438 g/mol. The van der Waals surface area contributed by atoms with Crippen molar-refractivity contribution in [3.05, 3.63) is 95.6 Å². The molecule has 0 aliphatic heterocycles. The second-order valence-electron chi connectivity index (χ2n) is 7.06. The molecule has 0 fully saturated rings. The Balaban J connectivity index is 1.82. The molecule has 2 amide bonds. The van der Waals surface area contributed by atoms with E-state index in [2.05, 4.69) is 5.32 Å². The summed E-state index contributed by atoms with van der Waals surface area (Å²) in [4.78, 5) is 24.0. The molecule has 3 aromatic carbocycles. The second kappa shape index (κ2) is 9.55. The summed E-state index contributed by atoms with van der Waals surface area (Å²) >= 11 is 0. The molecule has 0 saturated carbocycles. The highest BCUT2D eigenvalue weighted by Crippen LogP contribution is 2.19. The summed E-state index contributed by atoms with van der Waals surface area (Å²) in [6.07, 6.45) is 0. The molecule has 0 saturated heterocycles. The van der Waals surface area contributed by atoms with Crippen LogP contribution in [-0.4, -0.2) is 31.1 Å². The van der Waals surface area contributed by atoms with E-state index in [4.69, 9.17) is 5.73 Å². The quantitative estimate of drug-likeness (QED) is 0.565. The molecule has 8 heteroatoms. The van der Waals surface area contributed by atoms with Crippen molar-refractivity contribution in [2.45, 2.75) is 18.4 Å². The number of nitrogens with zero attached hydrogens (tertiary/aromatic N) is 1. The van der Waals surface area contributed by atoms with Gasteiger partial charge in [0.15, 0.2) is 0 Å². The van der Waals surface area contributed by atoms with E-state index in [-0.39, 0.29) is 18.0 Å². The minimum atomic E-state index is -3.91. The molecule has 3 N–H and O–H groups in total. The van der Waals surface area contributed by atoms with E-state index in [0.717, 1.165) is 15.4 Å². The van der Waals surface area contributed by atoms with Crippen LogP contribution in [0.2, 0.25) is 0 Å². The third kappa shape index (κ3) is 5.78. The van der Waals surface area contributed by atoms with Gasteiger partial charge in [0.1, 0.15) is 0 Å². The number of amides is 2. The maximum atomic E-state index is 13.3. The number of primary amides is 1. The zero-order chi connectivity index (χ0) is 22.4. The van der Waals surface area contributed by atoms with Crippen molar-refractivity contribution < 1.29 is 18.0 Å². The number of nitrogens with two attached hydrogens (primary N) is 1. The lowest BCUT2D eigenvalue weighted by Crippen LogP contribution is -2.37. The van der Waals surface area contributed by atoms with E-state index in [0.29, 0.717) is 11.3 Å². The molecule has 0 heterocycles. The number of carbonyl (C=O) groups excluding carboxylic acids is 2. The van der Waals surface area contributed by atoms with Crippen LogP contribution in [-0.2, 0) is 21.4 Å². The van der Waals surface area contributed by atoms with Gasteiger partial charge < -0.3 is 11.1 Å². The number of anilines is 1. The maximum absolute atomic E-state index is 13.3. The summed E-state index contributed by atoms with van der Waals surface area (Å²) in [5.74, 6) is -1.07. The molecule has 3 aromatic rings. The summed E-state index contributed by atoms with van der Waals surface area (Å²) in [5.41, 5.74) is 7.66. The largest absolute Gasteiger partial charge is 0.366 e. The fourth-order valence-electron chi connectivity index (χ4n) is 2.95. The predicted molar refractivity (Wildman–Crippen MR) is 119 cm³/mol. The van der Waals surface area contributed by atoms with E-state index in [9.17, 15) is 18.0 Å². The van der Waals surface area contributed by atoms with Gasteiger partial charge in [-0.25, -0.2) is 8.42 Å². The lowest BCUT2D eigenvalue weighted by molar-refractivity contribution is -0.116. The molecular formula is C23H23N3O4S. The van der Waals surface area contributed by atoms with Gasteiger partial charge in [0.05, 0.1) is 11.4 Å². The van der Waals surface area contributed by atoms with E-state index in [1.807, 2.05) is 25.1 Å². The van der Waals surface area contributed by atoms with Crippen LogP contribution in [0.5, 0.6) is 0 Å². The molecule has 0 atom stereocenters. The number of benzene rings is 3.